The molecule has 1 N–H and O–H groups in total. The van der Waals surface area contributed by atoms with Crippen molar-refractivity contribution in [3.63, 3.8) is 0 Å². The first kappa shape index (κ1) is 25.2. The highest BCUT2D eigenvalue weighted by Crippen LogP contribution is 2.33. The summed E-state index contributed by atoms with van der Waals surface area (Å²) in [5, 5.41) is 7.88. The third-order valence-electron chi connectivity index (χ3n) is 5.32. The first-order valence-corrected chi connectivity index (χ1v) is 11.2. The molecule has 0 saturated carbocycles. The van der Waals surface area contributed by atoms with Crippen LogP contribution in [-0.4, -0.2) is 25.9 Å². The molecule has 0 spiro atoms. The monoisotopic (exact) mass is 432 g/mol. The van der Waals surface area contributed by atoms with Crippen molar-refractivity contribution in [1.29, 1.82) is 0 Å². The summed E-state index contributed by atoms with van der Waals surface area (Å²) in [6.07, 6.45) is 2.72. The summed E-state index contributed by atoms with van der Waals surface area (Å²) in [5.41, 5.74) is 7.78. The highest BCUT2D eigenvalue weighted by molar-refractivity contribution is 5.91. The molecular weight excluding hydrogens is 396 g/mol. The Hall–Kier alpha value is -3.04. The second-order valence-electron chi connectivity index (χ2n) is 7.65. The van der Waals surface area contributed by atoms with Gasteiger partial charge in [0.2, 0.25) is 0 Å². The molecule has 0 heterocycles. The molecule has 0 amide bonds. The summed E-state index contributed by atoms with van der Waals surface area (Å²) in [6.45, 7) is 6.60. The van der Waals surface area contributed by atoms with Gasteiger partial charge in [0.25, 0.3) is 0 Å². The van der Waals surface area contributed by atoms with Crippen molar-refractivity contribution < 1.29 is 14.6 Å². The van der Waals surface area contributed by atoms with Gasteiger partial charge in [-0.2, -0.15) is 0 Å². The zero-order chi connectivity index (χ0) is 23.3. The second-order valence-corrected chi connectivity index (χ2v) is 7.65. The Bertz CT molecular complexity index is 951. The number of aliphatic hydroxyl groups excluding tert-OH is 1. The SMILES string of the molecule is CC/C(=C(\Cc1ccc(OC)cc1)c1ccc(OC)cc1)c1ccc(C)cc1.CCCO. The topological polar surface area (TPSA) is 38.7 Å². The van der Waals surface area contributed by atoms with Crippen molar-refractivity contribution in [1.82, 2.24) is 0 Å². The van der Waals surface area contributed by atoms with E-state index in [1.807, 2.05) is 31.2 Å². The molecule has 0 aromatic heterocycles. The third-order valence-corrected chi connectivity index (χ3v) is 5.32. The molecular formula is C29H36O3. The molecule has 170 valence electrons. The van der Waals surface area contributed by atoms with E-state index in [4.69, 9.17) is 14.6 Å². The Kier molecular flexibility index (Phi) is 10.6. The Morgan fingerprint density at radius 2 is 1.12 bits per heavy atom. The maximum atomic E-state index is 7.88. The van der Waals surface area contributed by atoms with E-state index in [0.29, 0.717) is 6.61 Å². The molecule has 3 nitrogen and oxygen atoms in total. The van der Waals surface area contributed by atoms with Gasteiger partial charge >= 0.3 is 0 Å². The van der Waals surface area contributed by atoms with Crippen LogP contribution in [0.5, 0.6) is 11.5 Å². The van der Waals surface area contributed by atoms with Crippen molar-refractivity contribution in [2.45, 2.75) is 40.0 Å². The molecule has 0 saturated heterocycles. The summed E-state index contributed by atoms with van der Waals surface area (Å²) >= 11 is 0. The van der Waals surface area contributed by atoms with Crippen LogP contribution in [0.15, 0.2) is 72.8 Å². The second kappa shape index (κ2) is 13.4. The van der Waals surface area contributed by atoms with Crippen LogP contribution >= 0.6 is 0 Å². The lowest BCUT2D eigenvalue weighted by Crippen LogP contribution is -1.97. The van der Waals surface area contributed by atoms with E-state index in [2.05, 4.69) is 62.4 Å². The zero-order valence-electron chi connectivity index (χ0n) is 20.0. The number of hydrogen-bond donors (Lipinski definition) is 1. The van der Waals surface area contributed by atoms with E-state index in [0.717, 1.165) is 30.8 Å². The number of methoxy groups -OCH3 is 2. The van der Waals surface area contributed by atoms with Crippen molar-refractivity contribution in [3.05, 3.63) is 95.1 Å². The van der Waals surface area contributed by atoms with Gasteiger partial charge in [-0.1, -0.05) is 67.9 Å². The van der Waals surface area contributed by atoms with Crippen molar-refractivity contribution in [3.8, 4) is 11.5 Å². The van der Waals surface area contributed by atoms with Gasteiger partial charge in [-0.15, -0.1) is 0 Å². The summed E-state index contributed by atoms with van der Waals surface area (Å²) in [5.74, 6) is 1.76. The fourth-order valence-electron chi connectivity index (χ4n) is 3.47. The van der Waals surface area contributed by atoms with Gasteiger partial charge in [0.05, 0.1) is 14.2 Å². The number of rotatable bonds is 8. The van der Waals surface area contributed by atoms with Gasteiger partial charge < -0.3 is 14.6 Å². The average molecular weight is 433 g/mol. The average Bonchev–Trinajstić information content (AvgIpc) is 2.85. The summed E-state index contributed by atoms with van der Waals surface area (Å²) in [6, 6.07) is 25.5. The number of aryl methyl sites for hydroxylation is 1. The van der Waals surface area contributed by atoms with Gasteiger partial charge in [-0.05, 0) is 78.3 Å². The van der Waals surface area contributed by atoms with Crippen LogP contribution < -0.4 is 9.47 Å². The van der Waals surface area contributed by atoms with Gasteiger partial charge in [0.1, 0.15) is 11.5 Å². The smallest absolute Gasteiger partial charge is 0.118 e. The number of hydrogen-bond acceptors (Lipinski definition) is 3. The van der Waals surface area contributed by atoms with Crippen LogP contribution in [0.1, 0.15) is 48.9 Å². The molecule has 0 radical (unpaired) electrons. The fraction of sp³-hybridized carbons (Fsp3) is 0.310. The van der Waals surface area contributed by atoms with E-state index in [1.54, 1.807) is 14.2 Å². The molecule has 3 heteroatoms. The number of benzene rings is 3. The molecule has 3 aromatic carbocycles. The number of ether oxygens (including phenoxy) is 2. The van der Waals surface area contributed by atoms with Gasteiger partial charge in [0.15, 0.2) is 0 Å². The maximum Gasteiger partial charge on any atom is 0.118 e. The molecule has 0 fully saturated rings. The van der Waals surface area contributed by atoms with Gasteiger partial charge in [-0.25, -0.2) is 0 Å². The Morgan fingerprint density at radius 1 is 0.688 bits per heavy atom. The molecule has 3 rings (SSSR count). The molecule has 0 aliphatic carbocycles. The zero-order valence-corrected chi connectivity index (χ0v) is 20.0. The quantitative estimate of drug-likeness (QED) is 0.391. The Balaban J connectivity index is 0.000000837. The van der Waals surface area contributed by atoms with Crippen molar-refractivity contribution >= 4 is 11.1 Å². The highest BCUT2D eigenvalue weighted by atomic mass is 16.5. The minimum Gasteiger partial charge on any atom is -0.497 e. The predicted molar refractivity (Wildman–Crippen MR) is 135 cm³/mol. The Morgan fingerprint density at radius 3 is 1.56 bits per heavy atom. The molecule has 0 bridgehead atoms. The molecule has 0 unspecified atom stereocenters. The highest BCUT2D eigenvalue weighted by Gasteiger charge is 2.12. The molecule has 0 aliphatic heterocycles. The number of allylic oxidation sites excluding steroid dienone is 2. The maximum absolute atomic E-state index is 7.88. The normalized spacial score (nSPS) is 11.2. The predicted octanol–water partition coefficient (Wildman–Crippen LogP) is 6.96. The van der Waals surface area contributed by atoms with Crippen LogP contribution in [0.4, 0.5) is 0 Å². The minimum absolute atomic E-state index is 0.319. The van der Waals surface area contributed by atoms with Crippen LogP contribution in [0.3, 0.4) is 0 Å². The molecule has 32 heavy (non-hydrogen) atoms. The van der Waals surface area contributed by atoms with Crippen LogP contribution in [0.2, 0.25) is 0 Å². The lowest BCUT2D eigenvalue weighted by Gasteiger charge is -2.17. The lowest BCUT2D eigenvalue weighted by atomic mass is 9.88. The molecule has 0 atom stereocenters. The summed E-state index contributed by atoms with van der Waals surface area (Å²) in [7, 11) is 3.40. The molecule has 0 aliphatic rings. The fourth-order valence-corrected chi connectivity index (χ4v) is 3.47. The van der Waals surface area contributed by atoms with Crippen molar-refractivity contribution in [2.75, 3.05) is 20.8 Å². The van der Waals surface area contributed by atoms with E-state index in [9.17, 15) is 0 Å². The van der Waals surface area contributed by atoms with E-state index >= 15 is 0 Å². The van der Waals surface area contributed by atoms with Gasteiger partial charge in [0, 0.05) is 6.61 Å². The lowest BCUT2D eigenvalue weighted by molar-refractivity contribution is 0.295. The van der Waals surface area contributed by atoms with Crippen molar-refractivity contribution in [2.24, 2.45) is 0 Å². The van der Waals surface area contributed by atoms with E-state index < -0.39 is 0 Å². The number of aliphatic hydroxyl groups is 1. The third kappa shape index (κ3) is 7.28. The van der Waals surface area contributed by atoms with Crippen LogP contribution in [0.25, 0.3) is 11.1 Å². The van der Waals surface area contributed by atoms with E-state index in [-0.39, 0.29) is 0 Å². The van der Waals surface area contributed by atoms with E-state index in [1.165, 1.54) is 33.4 Å². The first-order chi connectivity index (χ1) is 15.6. The van der Waals surface area contributed by atoms with Gasteiger partial charge in [-0.3, -0.25) is 0 Å². The summed E-state index contributed by atoms with van der Waals surface area (Å²) < 4.78 is 10.7. The molecule has 3 aromatic rings. The largest absolute Gasteiger partial charge is 0.497 e. The first-order valence-electron chi connectivity index (χ1n) is 11.2. The van der Waals surface area contributed by atoms with Crippen LogP contribution in [0, 0.1) is 6.92 Å². The standard InChI is InChI=1S/C26H28O2.C3H8O/c1-5-25(21-10-6-19(2)7-11-21)26(22-12-16-24(28-4)17-13-22)18-20-8-14-23(27-3)15-9-20;1-2-3-4/h6-17H,5,18H2,1-4H3;4H,2-3H2,1H3/b26-25-;. The Labute approximate surface area is 193 Å². The summed E-state index contributed by atoms with van der Waals surface area (Å²) in [4.78, 5) is 0. The minimum atomic E-state index is 0.319. The van der Waals surface area contributed by atoms with Crippen LogP contribution in [-0.2, 0) is 6.42 Å².